The molecule has 5 heteroatoms. The van der Waals surface area contributed by atoms with Crippen molar-refractivity contribution in [3.63, 3.8) is 0 Å². The number of likely N-dealkylation sites (tertiary alicyclic amines) is 1. The van der Waals surface area contributed by atoms with E-state index in [1.54, 1.807) is 4.90 Å². The number of benzene rings is 1. The number of esters is 1. The van der Waals surface area contributed by atoms with Crippen molar-refractivity contribution >= 4 is 11.9 Å². The van der Waals surface area contributed by atoms with Crippen molar-refractivity contribution in [1.82, 2.24) is 4.90 Å². The SMILES string of the molecule is COC(=O)C1CN(C(=O)COc2cccc(C)c2)CC1C. The van der Waals surface area contributed by atoms with Gasteiger partial charge in [-0.05, 0) is 30.5 Å². The Morgan fingerprint density at radius 2 is 2.10 bits per heavy atom. The van der Waals surface area contributed by atoms with Gasteiger partial charge in [0.05, 0.1) is 13.0 Å². The summed E-state index contributed by atoms with van der Waals surface area (Å²) in [7, 11) is 1.38. The summed E-state index contributed by atoms with van der Waals surface area (Å²) in [6.45, 7) is 4.89. The molecule has 1 aromatic carbocycles. The second kappa shape index (κ2) is 6.61. The van der Waals surface area contributed by atoms with Gasteiger partial charge in [0.1, 0.15) is 5.75 Å². The Bertz CT molecular complexity index is 529. The first-order chi connectivity index (χ1) is 10.0. The molecule has 0 N–H and O–H groups in total. The number of rotatable bonds is 4. The van der Waals surface area contributed by atoms with Crippen LogP contribution in [-0.2, 0) is 14.3 Å². The van der Waals surface area contributed by atoms with E-state index in [1.807, 2.05) is 38.1 Å². The zero-order valence-electron chi connectivity index (χ0n) is 12.7. The number of ether oxygens (including phenoxy) is 2. The summed E-state index contributed by atoms with van der Waals surface area (Å²) >= 11 is 0. The summed E-state index contributed by atoms with van der Waals surface area (Å²) < 4.78 is 10.3. The van der Waals surface area contributed by atoms with E-state index >= 15 is 0 Å². The highest BCUT2D eigenvalue weighted by molar-refractivity contribution is 5.80. The lowest BCUT2D eigenvalue weighted by molar-refractivity contribution is -0.146. The van der Waals surface area contributed by atoms with Crippen molar-refractivity contribution in [3.05, 3.63) is 29.8 Å². The summed E-state index contributed by atoms with van der Waals surface area (Å²) in [5, 5.41) is 0. The molecule has 5 nitrogen and oxygen atoms in total. The number of aryl methyl sites for hydroxylation is 1. The van der Waals surface area contributed by atoms with Gasteiger partial charge in [0.15, 0.2) is 6.61 Å². The largest absolute Gasteiger partial charge is 0.484 e. The van der Waals surface area contributed by atoms with Crippen LogP contribution in [0.1, 0.15) is 12.5 Å². The third-order valence-electron chi connectivity index (χ3n) is 3.82. The minimum Gasteiger partial charge on any atom is -0.484 e. The van der Waals surface area contributed by atoms with E-state index in [0.29, 0.717) is 18.8 Å². The molecule has 1 aromatic rings. The highest BCUT2D eigenvalue weighted by atomic mass is 16.5. The molecular formula is C16H21NO4. The maximum atomic E-state index is 12.2. The van der Waals surface area contributed by atoms with Crippen LogP contribution in [0.15, 0.2) is 24.3 Å². The Labute approximate surface area is 124 Å². The number of hydrogen-bond acceptors (Lipinski definition) is 4. The van der Waals surface area contributed by atoms with Crippen LogP contribution in [0, 0.1) is 18.8 Å². The highest BCUT2D eigenvalue weighted by Gasteiger charge is 2.37. The zero-order valence-corrected chi connectivity index (χ0v) is 12.7. The van der Waals surface area contributed by atoms with Crippen molar-refractivity contribution in [2.24, 2.45) is 11.8 Å². The first-order valence-corrected chi connectivity index (χ1v) is 7.06. The first kappa shape index (κ1) is 15.4. The van der Waals surface area contributed by atoms with Gasteiger partial charge in [-0.1, -0.05) is 19.1 Å². The van der Waals surface area contributed by atoms with Gasteiger partial charge in [-0.15, -0.1) is 0 Å². The Morgan fingerprint density at radius 1 is 1.33 bits per heavy atom. The minimum atomic E-state index is -0.252. The molecule has 1 fully saturated rings. The smallest absolute Gasteiger partial charge is 0.310 e. The average Bonchev–Trinajstić information content (AvgIpc) is 2.86. The normalized spacial score (nSPS) is 21.2. The van der Waals surface area contributed by atoms with Crippen LogP contribution in [-0.4, -0.2) is 43.6 Å². The third kappa shape index (κ3) is 3.74. The Morgan fingerprint density at radius 3 is 2.76 bits per heavy atom. The fourth-order valence-corrected chi connectivity index (χ4v) is 2.57. The number of hydrogen-bond donors (Lipinski definition) is 0. The summed E-state index contributed by atoms with van der Waals surface area (Å²) in [6, 6.07) is 7.57. The van der Waals surface area contributed by atoms with Crippen molar-refractivity contribution < 1.29 is 19.1 Å². The molecule has 2 rings (SSSR count). The lowest BCUT2D eigenvalue weighted by atomic mass is 9.99. The van der Waals surface area contributed by atoms with E-state index in [4.69, 9.17) is 9.47 Å². The van der Waals surface area contributed by atoms with Crippen molar-refractivity contribution in [2.75, 3.05) is 26.8 Å². The minimum absolute atomic E-state index is 0.00986. The molecule has 1 heterocycles. The lowest BCUT2D eigenvalue weighted by Gasteiger charge is -2.16. The molecule has 0 spiro atoms. The molecule has 0 bridgehead atoms. The molecule has 0 aliphatic carbocycles. The van der Waals surface area contributed by atoms with Crippen LogP contribution in [0.2, 0.25) is 0 Å². The van der Waals surface area contributed by atoms with Crippen LogP contribution in [0.25, 0.3) is 0 Å². The Kier molecular flexibility index (Phi) is 4.83. The Hall–Kier alpha value is -2.04. The van der Waals surface area contributed by atoms with Crippen LogP contribution in [0.5, 0.6) is 5.75 Å². The molecule has 1 amide bonds. The van der Waals surface area contributed by atoms with Gasteiger partial charge in [0, 0.05) is 13.1 Å². The fourth-order valence-electron chi connectivity index (χ4n) is 2.57. The molecule has 0 aromatic heterocycles. The summed E-state index contributed by atoms with van der Waals surface area (Å²) in [5.41, 5.74) is 1.08. The van der Waals surface area contributed by atoms with E-state index in [-0.39, 0.29) is 30.3 Å². The number of carbonyl (C=O) groups is 2. The van der Waals surface area contributed by atoms with Crippen LogP contribution < -0.4 is 4.74 Å². The number of carbonyl (C=O) groups excluding carboxylic acids is 2. The van der Waals surface area contributed by atoms with Crippen molar-refractivity contribution in [3.8, 4) is 5.75 Å². The highest BCUT2D eigenvalue weighted by Crippen LogP contribution is 2.24. The number of nitrogens with zero attached hydrogens (tertiary/aromatic N) is 1. The third-order valence-corrected chi connectivity index (χ3v) is 3.82. The van der Waals surface area contributed by atoms with E-state index in [0.717, 1.165) is 5.56 Å². The van der Waals surface area contributed by atoms with Gasteiger partial charge in [-0.3, -0.25) is 9.59 Å². The predicted molar refractivity (Wildman–Crippen MR) is 77.9 cm³/mol. The van der Waals surface area contributed by atoms with Gasteiger partial charge in [0.2, 0.25) is 0 Å². The molecule has 2 unspecified atom stereocenters. The van der Waals surface area contributed by atoms with Gasteiger partial charge >= 0.3 is 5.97 Å². The van der Waals surface area contributed by atoms with E-state index in [9.17, 15) is 9.59 Å². The Balaban J connectivity index is 1.88. The molecule has 114 valence electrons. The molecule has 1 aliphatic rings. The number of amides is 1. The second-order valence-electron chi connectivity index (χ2n) is 5.51. The monoisotopic (exact) mass is 291 g/mol. The molecule has 0 saturated carbocycles. The van der Waals surface area contributed by atoms with Crippen molar-refractivity contribution in [1.29, 1.82) is 0 Å². The van der Waals surface area contributed by atoms with E-state index in [1.165, 1.54) is 7.11 Å². The van der Waals surface area contributed by atoms with Gasteiger partial charge in [0.25, 0.3) is 5.91 Å². The average molecular weight is 291 g/mol. The predicted octanol–water partition coefficient (Wildman–Crippen LogP) is 1.64. The van der Waals surface area contributed by atoms with Gasteiger partial charge < -0.3 is 14.4 Å². The molecule has 1 aliphatic heterocycles. The summed E-state index contributed by atoms with van der Waals surface area (Å²) in [4.78, 5) is 25.4. The fraction of sp³-hybridized carbons (Fsp3) is 0.500. The van der Waals surface area contributed by atoms with Gasteiger partial charge in [-0.2, -0.15) is 0 Å². The molecular weight excluding hydrogens is 270 g/mol. The maximum Gasteiger partial charge on any atom is 0.310 e. The maximum absolute atomic E-state index is 12.2. The topological polar surface area (TPSA) is 55.8 Å². The van der Waals surface area contributed by atoms with Crippen LogP contribution in [0.3, 0.4) is 0 Å². The van der Waals surface area contributed by atoms with E-state index in [2.05, 4.69) is 0 Å². The van der Waals surface area contributed by atoms with Crippen LogP contribution in [0.4, 0.5) is 0 Å². The molecule has 1 saturated heterocycles. The standard InChI is InChI=1S/C16H21NO4/c1-11-5-4-6-13(7-11)21-10-15(18)17-8-12(2)14(9-17)16(19)20-3/h4-7,12,14H,8-10H2,1-3H3. The second-order valence-corrected chi connectivity index (χ2v) is 5.51. The quantitative estimate of drug-likeness (QED) is 0.791. The first-order valence-electron chi connectivity index (χ1n) is 7.06. The van der Waals surface area contributed by atoms with E-state index < -0.39 is 0 Å². The zero-order chi connectivity index (χ0) is 15.4. The molecule has 2 atom stereocenters. The molecule has 21 heavy (non-hydrogen) atoms. The van der Waals surface area contributed by atoms with Crippen molar-refractivity contribution in [2.45, 2.75) is 13.8 Å². The van der Waals surface area contributed by atoms with Gasteiger partial charge in [-0.25, -0.2) is 0 Å². The van der Waals surface area contributed by atoms with Crippen LogP contribution >= 0.6 is 0 Å². The summed E-state index contributed by atoms with van der Waals surface area (Å²) in [5.74, 6) is 0.200. The summed E-state index contributed by atoms with van der Waals surface area (Å²) in [6.07, 6.45) is 0. The molecule has 0 radical (unpaired) electrons. The lowest BCUT2D eigenvalue weighted by Crippen LogP contribution is -2.34. The number of methoxy groups -OCH3 is 1.